The molecular weight excluding hydrogens is 234 g/mol. The van der Waals surface area contributed by atoms with Gasteiger partial charge in [-0.05, 0) is 13.8 Å². The lowest BCUT2D eigenvalue weighted by atomic mass is 10.4. The Morgan fingerprint density at radius 3 is 2.72 bits per heavy atom. The van der Waals surface area contributed by atoms with E-state index in [-0.39, 0.29) is 23.8 Å². The highest BCUT2D eigenvalue weighted by Crippen LogP contribution is 2.05. The predicted octanol–water partition coefficient (Wildman–Crippen LogP) is -0.232. The second kappa shape index (κ2) is 4.59. The number of aryl methyl sites for hydroxylation is 1. The largest absolute Gasteiger partial charge is 0.331 e. The molecule has 0 radical (unpaired) electrons. The van der Waals surface area contributed by atoms with Crippen molar-refractivity contribution in [3.8, 4) is 0 Å². The van der Waals surface area contributed by atoms with E-state index in [4.69, 9.17) is 0 Å². The van der Waals surface area contributed by atoms with Crippen LogP contribution in [0.5, 0.6) is 0 Å². The second-order valence-electron chi connectivity index (χ2n) is 4.35. The highest BCUT2D eigenvalue weighted by molar-refractivity contribution is 4.92. The topological polar surface area (TPSA) is 74.7 Å². The van der Waals surface area contributed by atoms with E-state index in [1.54, 1.807) is 11.7 Å². The fourth-order valence-corrected chi connectivity index (χ4v) is 1.72. The summed E-state index contributed by atoms with van der Waals surface area (Å²) in [6.45, 7) is 4.05. The van der Waals surface area contributed by atoms with E-state index in [1.807, 2.05) is 13.8 Å². The first-order valence-electron chi connectivity index (χ1n) is 5.65. The van der Waals surface area contributed by atoms with Crippen LogP contribution in [-0.2, 0) is 13.6 Å². The minimum atomic E-state index is -0.360. The predicted molar refractivity (Wildman–Crippen MR) is 65.5 cm³/mol. The molecule has 18 heavy (non-hydrogen) atoms. The summed E-state index contributed by atoms with van der Waals surface area (Å²) in [4.78, 5) is 27.6. The van der Waals surface area contributed by atoms with Gasteiger partial charge in [0, 0.05) is 25.4 Å². The van der Waals surface area contributed by atoms with Crippen LogP contribution < -0.4 is 11.2 Å². The van der Waals surface area contributed by atoms with Crippen molar-refractivity contribution in [3.05, 3.63) is 45.3 Å². The molecule has 0 bridgehead atoms. The van der Waals surface area contributed by atoms with Crippen LogP contribution in [-0.4, -0.2) is 23.9 Å². The quantitative estimate of drug-likeness (QED) is 0.753. The molecule has 0 aliphatic rings. The Hall–Kier alpha value is -2.18. The molecule has 0 aromatic carbocycles. The lowest BCUT2D eigenvalue weighted by molar-refractivity contribution is 0.487. The van der Waals surface area contributed by atoms with Gasteiger partial charge in [-0.1, -0.05) is 0 Å². The molecule has 0 aliphatic heterocycles. The van der Waals surface area contributed by atoms with Crippen LogP contribution in [0.25, 0.3) is 0 Å². The van der Waals surface area contributed by atoms with Crippen LogP contribution in [0.4, 0.5) is 0 Å². The van der Waals surface area contributed by atoms with Crippen molar-refractivity contribution >= 4 is 0 Å². The van der Waals surface area contributed by atoms with Crippen molar-refractivity contribution in [2.45, 2.75) is 26.4 Å². The molecule has 0 unspecified atom stereocenters. The summed E-state index contributed by atoms with van der Waals surface area (Å²) in [5.41, 5.74) is -0.697. The zero-order valence-corrected chi connectivity index (χ0v) is 10.6. The fourth-order valence-electron chi connectivity index (χ4n) is 1.72. The van der Waals surface area contributed by atoms with E-state index < -0.39 is 0 Å². The lowest BCUT2D eigenvalue weighted by Gasteiger charge is -2.10. The monoisotopic (exact) mass is 249 g/mol. The average molecular weight is 249 g/mol. The Balaban J connectivity index is 2.47. The molecule has 0 fully saturated rings. The average Bonchev–Trinajstić information content (AvgIpc) is 2.78. The number of aromatic nitrogens is 5. The van der Waals surface area contributed by atoms with E-state index in [1.165, 1.54) is 23.2 Å². The zero-order chi connectivity index (χ0) is 13.3. The second-order valence-corrected chi connectivity index (χ2v) is 4.35. The highest BCUT2D eigenvalue weighted by atomic mass is 16.2. The molecule has 0 amide bonds. The smallest absolute Gasteiger partial charge is 0.303 e. The number of hydrogen-bond donors (Lipinski definition) is 0. The summed E-state index contributed by atoms with van der Waals surface area (Å²) in [6.07, 6.45) is 2.88. The Morgan fingerprint density at radius 1 is 1.33 bits per heavy atom. The maximum absolute atomic E-state index is 11.9. The molecule has 96 valence electrons. The van der Waals surface area contributed by atoms with Crippen molar-refractivity contribution in [3.63, 3.8) is 0 Å². The van der Waals surface area contributed by atoms with E-state index >= 15 is 0 Å². The van der Waals surface area contributed by atoms with Crippen molar-refractivity contribution in [1.29, 1.82) is 0 Å². The SMILES string of the molecule is CC(C)n1ncnc1Cn1c(=O)ccn(C)c1=O. The summed E-state index contributed by atoms with van der Waals surface area (Å²) in [7, 11) is 1.60. The third-order valence-corrected chi connectivity index (χ3v) is 2.68. The van der Waals surface area contributed by atoms with Gasteiger partial charge in [0.1, 0.15) is 12.2 Å². The maximum Gasteiger partial charge on any atom is 0.331 e. The van der Waals surface area contributed by atoms with Crippen LogP contribution in [0, 0.1) is 0 Å². The Morgan fingerprint density at radius 2 is 2.06 bits per heavy atom. The Labute approximate surface area is 103 Å². The first kappa shape index (κ1) is 12.3. The third kappa shape index (κ3) is 2.11. The number of hydrogen-bond acceptors (Lipinski definition) is 4. The van der Waals surface area contributed by atoms with Crippen LogP contribution in [0.3, 0.4) is 0 Å². The maximum atomic E-state index is 11.9. The van der Waals surface area contributed by atoms with Crippen molar-refractivity contribution < 1.29 is 0 Å². The van der Waals surface area contributed by atoms with Crippen molar-refractivity contribution in [2.24, 2.45) is 7.05 Å². The third-order valence-electron chi connectivity index (χ3n) is 2.68. The van der Waals surface area contributed by atoms with E-state index in [0.29, 0.717) is 5.82 Å². The van der Waals surface area contributed by atoms with Crippen molar-refractivity contribution in [1.82, 2.24) is 23.9 Å². The van der Waals surface area contributed by atoms with Gasteiger partial charge in [-0.2, -0.15) is 5.10 Å². The molecule has 0 spiro atoms. The Kier molecular flexibility index (Phi) is 3.14. The normalized spacial score (nSPS) is 11.1. The van der Waals surface area contributed by atoms with Gasteiger partial charge >= 0.3 is 5.69 Å². The number of nitrogens with zero attached hydrogens (tertiary/aromatic N) is 5. The minimum Gasteiger partial charge on any atom is -0.303 e. The van der Waals surface area contributed by atoms with Gasteiger partial charge in [0.25, 0.3) is 5.56 Å². The molecule has 0 aliphatic carbocycles. The molecule has 2 heterocycles. The first-order valence-corrected chi connectivity index (χ1v) is 5.65. The van der Waals surface area contributed by atoms with Crippen LogP contribution in [0.1, 0.15) is 25.7 Å². The molecule has 0 saturated heterocycles. The van der Waals surface area contributed by atoms with E-state index in [0.717, 1.165) is 4.57 Å². The highest BCUT2D eigenvalue weighted by Gasteiger charge is 2.11. The van der Waals surface area contributed by atoms with Crippen LogP contribution in [0.2, 0.25) is 0 Å². The van der Waals surface area contributed by atoms with Gasteiger partial charge in [0.15, 0.2) is 0 Å². The standard InChI is InChI=1S/C11H15N5O2/c1-8(2)16-9(12-7-13-16)6-15-10(17)4-5-14(3)11(15)18/h4-5,7-8H,6H2,1-3H3. The molecule has 0 saturated carbocycles. The van der Waals surface area contributed by atoms with Crippen LogP contribution >= 0.6 is 0 Å². The van der Waals surface area contributed by atoms with Gasteiger partial charge in [-0.3, -0.25) is 9.36 Å². The van der Waals surface area contributed by atoms with E-state index in [2.05, 4.69) is 10.1 Å². The van der Waals surface area contributed by atoms with Gasteiger partial charge in [-0.15, -0.1) is 0 Å². The van der Waals surface area contributed by atoms with Gasteiger partial charge < -0.3 is 4.57 Å². The van der Waals surface area contributed by atoms with Gasteiger partial charge in [0.05, 0.1) is 6.54 Å². The van der Waals surface area contributed by atoms with E-state index in [9.17, 15) is 9.59 Å². The van der Waals surface area contributed by atoms with Crippen molar-refractivity contribution in [2.75, 3.05) is 0 Å². The summed E-state index contributed by atoms with van der Waals surface area (Å²) in [5, 5.41) is 4.07. The molecule has 2 aromatic heterocycles. The summed E-state index contributed by atoms with van der Waals surface area (Å²) in [5.74, 6) is 0.593. The van der Waals surface area contributed by atoms with Crippen LogP contribution in [0.15, 0.2) is 28.2 Å². The summed E-state index contributed by atoms with van der Waals surface area (Å²) < 4.78 is 4.19. The molecule has 2 aromatic rings. The molecule has 0 N–H and O–H groups in total. The van der Waals surface area contributed by atoms with Gasteiger partial charge in [0.2, 0.25) is 0 Å². The molecule has 7 nitrogen and oxygen atoms in total. The van der Waals surface area contributed by atoms with Gasteiger partial charge in [-0.25, -0.2) is 14.5 Å². The first-order chi connectivity index (χ1) is 8.50. The lowest BCUT2D eigenvalue weighted by Crippen LogP contribution is -2.38. The zero-order valence-electron chi connectivity index (χ0n) is 10.6. The summed E-state index contributed by atoms with van der Waals surface area (Å²) in [6, 6.07) is 1.49. The molecule has 0 atom stereocenters. The summed E-state index contributed by atoms with van der Waals surface area (Å²) >= 11 is 0. The molecule has 2 rings (SSSR count). The number of rotatable bonds is 3. The Bertz CT molecular complexity index is 665. The minimum absolute atomic E-state index is 0.129. The molecule has 7 heteroatoms. The fraction of sp³-hybridized carbons (Fsp3) is 0.455. The molecular formula is C11H15N5O2.